The molecule has 1 N–H and O–H groups in total. The first-order chi connectivity index (χ1) is 8.74. The van der Waals surface area contributed by atoms with Crippen LogP contribution in [-0.4, -0.2) is 12.2 Å². The smallest absolute Gasteiger partial charge is 0.338 e. The van der Waals surface area contributed by atoms with Gasteiger partial charge in [-0.15, -0.1) is 0 Å². The molecule has 3 rings (SSSR count). The van der Waals surface area contributed by atoms with Gasteiger partial charge >= 0.3 is 11.3 Å². The van der Waals surface area contributed by atoms with Crippen molar-refractivity contribution >= 4 is 11.0 Å². The predicted molar refractivity (Wildman–Crippen MR) is 65.8 cm³/mol. The van der Waals surface area contributed by atoms with E-state index in [-0.39, 0.29) is 0 Å². The first-order valence-electron chi connectivity index (χ1n) is 6.34. The van der Waals surface area contributed by atoms with E-state index in [1.54, 1.807) is 11.8 Å². The van der Waals surface area contributed by atoms with Crippen LogP contribution in [0.15, 0.2) is 12.1 Å². The summed E-state index contributed by atoms with van der Waals surface area (Å²) in [5, 5.41) is 2.81. The highest BCUT2D eigenvalue weighted by molar-refractivity contribution is 5.70. The molecule has 2 aromatic rings. The maximum Gasteiger partial charge on any atom is 0.364 e. The van der Waals surface area contributed by atoms with Crippen LogP contribution in [0, 0.1) is 4.91 Å². The minimum atomic E-state index is 0.634. The first-order valence-corrected chi connectivity index (χ1v) is 6.34. The summed E-state index contributed by atoms with van der Waals surface area (Å²) >= 11 is 0. The Labute approximate surface area is 105 Å². The summed E-state index contributed by atoms with van der Waals surface area (Å²) in [6.45, 7) is 1.99. The number of nitrogens with one attached hydrogen (secondary N) is 1. The molecule has 94 valence electrons. The van der Waals surface area contributed by atoms with E-state index in [2.05, 4.69) is 11.2 Å². The molecule has 1 aliphatic rings. The number of nitrogens with zero attached hydrogens (tertiary/aromatic N) is 2. The highest BCUT2D eigenvalue weighted by Gasteiger charge is 2.26. The molecular weight excluding hydrogens is 230 g/mol. The standard InChI is InChI=1S/C13H16N3O2/c1-3-13-14-16(17)12-8-10-6-4-5-9(10)7-11(12)15(13)18-2/h7-8H,3-6H2,1-2H3/q+1/p+1. The van der Waals surface area contributed by atoms with Crippen LogP contribution in [-0.2, 0) is 19.3 Å². The molecule has 0 aliphatic heterocycles. The third-order valence-corrected chi connectivity index (χ3v) is 3.62. The highest BCUT2D eigenvalue weighted by Crippen LogP contribution is 2.24. The quantitative estimate of drug-likeness (QED) is 0.785. The molecule has 1 aliphatic carbocycles. The molecule has 0 unspecified atom stereocenters. The highest BCUT2D eigenvalue weighted by atomic mass is 16.6. The summed E-state index contributed by atoms with van der Waals surface area (Å²) in [4.78, 5) is 17.4. The van der Waals surface area contributed by atoms with Gasteiger partial charge in [-0.2, -0.15) is 0 Å². The monoisotopic (exact) mass is 247 g/mol. The molecule has 0 saturated carbocycles. The molecule has 0 radical (unpaired) electrons. The molecular formula is C13H17N3O2+2. The molecule has 0 spiro atoms. The van der Waals surface area contributed by atoms with Crippen LogP contribution in [0.5, 0.6) is 0 Å². The van der Waals surface area contributed by atoms with E-state index in [0.717, 1.165) is 28.7 Å². The van der Waals surface area contributed by atoms with Crippen LogP contribution in [0.1, 0.15) is 30.3 Å². The van der Waals surface area contributed by atoms with Crippen molar-refractivity contribution in [3.63, 3.8) is 0 Å². The number of hydrogen-bond acceptors (Lipinski definition) is 2. The van der Waals surface area contributed by atoms with Crippen molar-refractivity contribution in [2.45, 2.75) is 32.6 Å². The average Bonchev–Trinajstić information content (AvgIpc) is 2.83. The van der Waals surface area contributed by atoms with Gasteiger partial charge in [0.05, 0.1) is 11.3 Å². The zero-order chi connectivity index (χ0) is 12.7. The maximum absolute atomic E-state index is 12.0. The third kappa shape index (κ3) is 1.50. The largest absolute Gasteiger partial charge is 0.364 e. The van der Waals surface area contributed by atoms with E-state index >= 15 is 0 Å². The Bertz CT molecular complexity index is 676. The molecule has 1 heterocycles. The molecule has 0 fully saturated rings. The van der Waals surface area contributed by atoms with E-state index in [0.29, 0.717) is 11.9 Å². The van der Waals surface area contributed by atoms with Crippen molar-refractivity contribution in [1.82, 2.24) is 5.10 Å². The molecule has 0 bridgehead atoms. The Balaban J connectivity index is 2.41. The maximum atomic E-state index is 12.0. The summed E-state index contributed by atoms with van der Waals surface area (Å²) < 4.78 is 2.55. The lowest BCUT2D eigenvalue weighted by Gasteiger charge is -2.02. The molecule has 1 aromatic heterocycles. The van der Waals surface area contributed by atoms with E-state index in [1.807, 2.05) is 13.0 Å². The second-order valence-electron chi connectivity index (χ2n) is 4.65. The van der Waals surface area contributed by atoms with E-state index in [4.69, 9.17) is 4.84 Å². The Kier molecular flexibility index (Phi) is 2.54. The van der Waals surface area contributed by atoms with Gasteiger partial charge in [-0.05, 0) is 41.2 Å². The molecule has 5 nitrogen and oxygen atoms in total. The van der Waals surface area contributed by atoms with Crippen molar-refractivity contribution in [1.29, 1.82) is 0 Å². The third-order valence-electron chi connectivity index (χ3n) is 3.62. The van der Waals surface area contributed by atoms with Gasteiger partial charge in [-0.1, -0.05) is 6.92 Å². The van der Waals surface area contributed by atoms with Crippen LogP contribution in [0.2, 0.25) is 0 Å². The zero-order valence-corrected chi connectivity index (χ0v) is 10.7. The van der Waals surface area contributed by atoms with Gasteiger partial charge in [0.15, 0.2) is 0 Å². The number of aryl methyl sites for hydroxylation is 3. The van der Waals surface area contributed by atoms with Gasteiger partial charge in [0.25, 0.3) is 5.52 Å². The topological polar surface area (TPSA) is 51.9 Å². The summed E-state index contributed by atoms with van der Waals surface area (Å²) in [5.74, 6) is 0.762. The fraction of sp³-hybridized carbons (Fsp3) is 0.462. The first kappa shape index (κ1) is 11.2. The van der Waals surface area contributed by atoms with Crippen LogP contribution in [0.4, 0.5) is 0 Å². The molecule has 0 saturated heterocycles. The Hall–Kier alpha value is -1.91. The number of aromatic nitrogens is 3. The van der Waals surface area contributed by atoms with Crippen molar-refractivity contribution in [2.75, 3.05) is 7.11 Å². The number of aromatic amines is 1. The van der Waals surface area contributed by atoms with Crippen LogP contribution < -0.4 is 14.1 Å². The van der Waals surface area contributed by atoms with Gasteiger partial charge in [0, 0.05) is 11.2 Å². The summed E-state index contributed by atoms with van der Waals surface area (Å²) in [6.07, 6.45) is 4.03. The van der Waals surface area contributed by atoms with Crippen molar-refractivity contribution < 1.29 is 14.1 Å². The van der Waals surface area contributed by atoms with Gasteiger partial charge < -0.3 is 4.84 Å². The minimum absolute atomic E-state index is 0.634. The second kappa shape index (κ2) is 4.08. The fourth-order valence-electron chi connectivity index (χ4n) is 2.72. The summed E-state index contributed by atoms with van der Waals surface area (Å²) in [5.41, 5.74) is 4.09. The predicted octanol–water partition coefficient (Wildman–Crippen LogP) is 0.479. The number of benzene rings is 1. The van der Waals surface area contributed by atoms with Gasteiger partial charge in [-0.25, -0.2) is 0 Å². The second-order valence-corrected chi connectivity index (χ2v) is 4.65. The van der Waals surface area contributed by atoms with Gasteiger partial charge in [0.2, 0.25) is 4.54 Å². The lowest BCUT2D eigenvalue weighted by Crippen LogP contribution is -2.50. The fourth-order valence-corrected chi connectivity index (χ4v) is 2.72. The summed E-state index contributed by atoms with van der Waals surface area (Å²) in [7, 11) is 1.62. The van der Waals surface area contributed by atoms with E-state index < -0.39 is 0 Å². The Morgan fingerprint density at radius 3 is 2.56 bits per heavy atom. The molecule has 0 atom stereocenters. The summed E-state index contributed by atoms with van der Waals surface area (Å²) in [6, 6.07) is 4.07. The number of fused-ring (bicyclic) bond motifs is 2. The van der Waals surface area contributed by atoms with Gasteiger partial charge in [-0.3, -0.25) is 0 Å². The van der Waals surface area contributed by atoms with Crippen LogP contribution in [0.3, 0.4) is 0 Å². The van der Waals surface area contributed by atoms with Crippen LogP contribution in [0.25, 0.3) is 11.0 Å². The van der Waals surface area contributed by atoms with Crippen LogP contribution >= 0.6 is 0 Å². The lowest BCUT2D eigenvalue weighted by atomic mass is 10.1. The zero-order valence-electron chi connectivity index (χ0n) is 10.7. The molecule has 18 heavy (non-hydrogen) atoms. The van der Waals surface area contributed by atoms with E-state index in [1.165, 1.54) is 17.5 Å². The minimum Gasteiger partial charge on any atom is -0.338 e. The Morgan fingerprint density at radius 1 is 1.28 bits per heavy atom. The normalized spacial score (nSPS) is 13.9. The molecule has 5 heteroatoms. The average molecular weight is 247 g/mol. The number of H-pyrrole nitrogens is 1. The van der Waals surface area contributed by atoms with Gasteiger partial charge in [0.1, 0.15) is 7.11 Å². The van der Waals surface area contributed by atoms with Crippen molar-refractivity contribution in [3.8, 4) is 0 Å². The van der Waals surface area contributed by atoms with Crippen molar-refractivity contribution in [2.24, 2.45) is 0 Å². The SMILES string of the molecule is CCc1[nH][n+](=O)c2cc3c(cc2[n+]1OC)CCC3. The number of rotatable bonds is 2. The molecule has 0 amide bonds. The number of hydrogen-bond donors (Lipinski definition) is 1. The Morgan fingerprint density at radius 2 is 1.94 bits per heavy atom. The lowest BCUT2D eigenvalue weighted by molar-refractivity contribution is -0.879. The molecule has 1 aromatic carbocycles. The van der Waals surface area contributed by atoms with E-state index in [9.17, 15) is 4.91 Å². The van der Waals surface area contributed by atoms with Crippen molar-refractivity contribution in [3.05, 3.63) is 34.0 Å².